The molecule has 5 rings (SSSR count). The van der Waals surface area contributed by atoms with E-state index in [4.69, 9.17) is 5.10 Å². The summed E-state index contributed by atoms with van der Waals surface area (Å²) in [6.07, 6.45) is 8.07. The van der Waals surface area contributed by atoms with E-state index in [9.17, 15) is 4.79 Å². The minimum atomic E-state index is 0.0572. The molecule has 2 fully saturated rings. The summed E-state index contributed by atoms with van der Waals surface area (Å²) in [5.41, 5.74) is 2.46. The van der Waals surface area contributed by atoms with Gasteiger partial charge in [0.25, 0.3) is 5.91 Å². The molecule has 2 aliphatic heterocycles. The van der Waals surface area contributed by atoms with Gasteiger partial charge in [-0.25, -0.2) is 5.01 Å². The van der Waals surface area contributed by atoms with E-state index in [0.29, 0.717) is 18.4 Å². The first kappa shape index (κ1) is 20.2. The van der Waals surface area contributed by atoms with Gasteiger partial charge in [-0.1, -0.05) is 19.1 Å². The lowest BCUT2D eigenvalue weighted by molar-refractivity contribution is -0.135. The zero-order valence-corrected chi connectivity index (χ0v) is 19.1. The second-order valence-corrected chi connectivity index (χ2v) is 10.8. The lowest BCUT2D eigenvalue weighted by atomic mass is 9.79. The highest BCUT2D eigenvalue weighted by molar-refractivity contribution is 7.11. The summed E-state index contributed by atoms with van der Waals surface area (Å²) < 4.78 is 0. The van der Waals surface area contributed by atoms with Crippen LogP contribution in [0.25, 0.3) is 6.08 Å². The Hall–Kier alpha value is -1.76. The van der Waals surface area contributed by atoms with Crippen LogP contribution in [0.2, 0.25) is 0 Å². The number of thiophene rings is 2. The number of likely N-dealkylation sites (tertiary alicyclic amines) is 1. The van der Waals surface area contributed by atoms with E-state index < -0.39 is 0 Å². The van der Waals surface area contributed by atoms with Crippen molar-refractivity contribution in [1.29, 1.82) is 0 Å². The standard InChI is InChI=1S/C24H29N3OS2/c1-17-6-3-11-26(15-17)16-22(28)27-24(21-10-5-13-30-21)20-9-2-7-18(23(20)25-27)14-19-8-4-12-29-19/h4-5,8,10,12-14,17,20,24H,2-3,6-7,9,11,15-16H2,1H3/b18-14-/t17-,20+,24-/m1/s1. The molecule has 3 aliphatic rings. The molecule has 0 bridgehead atoms. The van der Waals surface area contributed by atoms with E-state index in [1.807, 2.05) is 5.01 Å². The van der Waals surface area contributed by atoms with E-state index in [1.54, 1.807) is 22.7 Å². The molecular weight excluding hydrogens is 410 g/mol. The Bertz CT molecular complexity index is 932. The molecule has 0 radical (unpaired) electrons. The maximum atomic E-state index is 13.5. The summed E-state index contributed by atoms with van der Waals surface area (Å²) >= 11 is 3.52. The average molecular weight is 440 g/mol. The molecule has 1 amide bonds. The van der Waals surface area contributed by atoms with Crippen molar-refractivity contribution in [2.75, 3.05) is 19.6 Å². The Labute approximate surface area is 186 Å². The van der Waals surface area contributed by atoms with Crippen LogP contribution in [0, 0.1) is 11.8 Å². The summed E-state index contributed by atoms with van der Waals surface area (Å²) in [4.78, 5) is 18.3. The van der Waals surface area contributed by atoms with E-state index in [0.717, 1.165) is 38.1 Å². The van der Waals surface area contributed by atoms with Gasteiger partial charge in [0.2, 0.25) is 0 Å². The van der Waals surface area contributed by atoms with Gasteiger partial charge >= 0.3 is 0 Å². The van der Waals surface area contributed by atoms with Crippen LogP contribution >= 0.6 is 22.7 Å². The molecule has 1 aliphatic carbocycles. The fourth-order valence-electron chi connectivity index (χ4n) is 5.18. The summed E-state index contributed by atoms with van der Waals surface area (Å²) in [5, 5.41) is 11.1. The highest BCUT2D eigenvalue weighted by atomic mass is 32.1. The first-order valence-corrected chi connectivity index (χ1v) is 12.9. The summed E-state index contributed by atoms with van der Waals surface area (Å²) in [7, 11) is 0. The van der Waals surface area contributed by atoms with Crippen molar-refractivity contribution in [3.8, 4) is 0 Å². The lowest BCUT2D eigenvalue weighted by Gasteiger charge is -2.33. The molecule has 3 atom stereocenters. The van der Waals surface area contributed by atoms with Crippen LogP contribution in [0.5, 0.6) is 0 Å². The molecule has 1 saturated heterocycles. The van der Waals surface area contributed by atoms with Crippen molar-refractivity contribution >= 4 is 40.4 Å². The number of piperidine rings is 1. The fourth-order valence-corrected chi connectivity index (χ4v) is 6.74. The smallest absolute Gasteiger partial charge is 0.257 e. The Balaban J connectivity index is 1.44. The van der Waals surface area contributed by atoms with Crippen molar-refractivity contribution < 1.29 is 4.79 Å². The van der Waals surface area contributed by atoms with Crippen LogP contribution in [-0.4, -0.2) is 41.2 Å². The zero-order valence-electron chi connectivity index (χ0n) is 17.5. The normalized spacial score (nSPS) is 28.6. The molecule has 0 unspecified atom stereocenters. The van der Waals surface area contributed by atoms with Crippen molar-refractivity contribution in [3.05, 3.63) is 50.4 Å². The van der Waals surface area contributed by atoms with Crippen LogP contribution in [0.1, 0.15) is 54.8 Å². The van der Waals surface area contributed by atoms with Crippen LogP contribution in [-0.2, 0) is 4.79 Å². The van der Waals surface area contributed by atoms with Gasteiger partial charge in [-0.2, -0.15) is 5.10 Å². The second-order valence-electron chi connectivity index (χ2n) is 8.85. The van der Waals surface area contributed by atoms with Gasteiger partial charge in [-0.15, -0.1) is 22.7 Å². The molecule has 0 N–H and O–H groups in total. The molecule has 158 valence electrons. The van der Waals surface area contributed by atoms with Gasteiger partial charge in [0.15, 0.2) is 0 Å². The molecule has 4 nitrogen and oxygen atoms in total. The molecule has 2 aromatic rings. The minimum Gasteiger partial charge on any atom is -0.294 e. The van der Waals surface area contributed by atoms with Gasteiger partial charge in [0.1, 0.15) is 0 Å². The van der Waals surface area contributed by atoms with Gasteiger partial charge in [0, 0.05) is 22.2 Å². The first-order valence-electron chi connectivity index (χ1n) is 11.1. The average Bonchev–Trinajstić information content (AvgIpc) is 3.48. The van der Waals surface area contributed by atoms with E-state index >= 15 is 0 Å². The molecule has 2 aromatic heterocycles. The van der Waals surface area contributed by atoms with Gasteiger partial charge in [-0.05, 0) is 79.1 Å². The molecule has 6 heteroatoms. The molecule has 1 saturated carbocycles. The number of amides is 1. The third-order valence-corrected chi connectivity index (χ3v) is 8.31. The number of hydrogen-bond donors (Lipinski definition) is 0. The molecule has 4 heterocycles. The van der Waals surface area contributed by atoms with Gasteiger partial charge < -0.3 is 0 Å². The highest BCUT2D eigenvalue weighted by Gasteiger charge is 2.44. The third-order valence-electron chi connectivity index (χ3n) is 6.55. The number of fused-ring (bicyclic) bond motifs is 1. The van der Waals surface area contributed by atoms with Crippen molar-refractivity contribution in [3.63, 3.8) is 0 Å². The largest absolute Gasteiger partial charge is 0.294 e. The summed E-state index contributed by atoms with van der Waals surface area (Å²) in [5.74, 6) is 1.14. The minimum absolute atomic E-state index is 0.0572. The number of carbonyl (C=O) groups excluding carboxylic acids is 1. The summed E-state index contributed by atoms with van der Waals surface area (Å²) in [6.45, 7) is 4.82. The Kier molecular flexibility index (Phi) is 5.89. The number of rotatable bonds is 4. The van der Waals surface area contributed by atoms with Gasteiger partial charge in [-0.3, -0.25) is 9.69 Å². The lowest BCUT2D eigenvalue weighted by Crippen LogP contribution is -2.43. The highest BCUT2D eigenvalue weighted by Crippen LogP contribution is 2.45. The second kappa shape index (κ2) is 8.77. The monoisotopic (exact) mass is 439 g/mol. The number of carbonyl (C=O) groups is 1. The summed E-state index contributed by atoms with van der Waals surface area (Å²) in [6, 6.07) is 8.58. The van der Waals surface area contributed by atoms with Crippen LogP contribution in [0.15, 0.2) is 45.7 Å². The van der Waals surface area contributed by atoms with Crippen molar-refractivity contribution in [1.82, 2.24) is 9.91 Å². The maximum absolute atomic E-state index is 13.5. The Morgan fingerprint density at radius 3 is 2.83 bits per heavy atom. The Morgan fingerprint density at radius 2 is 2.07 bits per heavy atom. The van der Waals surface area contributed by atoms with E-state index in [2.05, 4.69) is 52.9 Å². The van der Waals surface area contributed by atoms with E-state index in [1.165, 1.54) is 28.2 Å². The molecule has 0 spiro atoms. The molecule has 30 heavy (non-hydrogen) atoms. The van der Waals surface area contributed by atoms with E-state index in [-0.39, 0.29) is 11.9 Å². The topological polar surface area (TPSA) is 35.9 Å². The van der Waals surface area contributed by atoms with Gasteiger partial charge in [0.05, 0.1) is 18.3 Å². The quantitative estimate of drug-likeness (QED) is 0.616. The van der Waals surface area contributed by atoms with Crippen molar-refractivity contribution in [2.45, 2.75) is 45.1 Å². The van der Waals surface area contributed by atoms with Crippen molar-refractivity contribution in [2.24, 2.45) is 16.9 Å². The molecule has 0 aromatic carbocycles. The zero-order chi connectivity index (χ0) is 20.5. The number of hydrazone groups is 1. The number of hydrogen-bond acceptors (Lipinski definition) is 5. The van der Waals surface area contributed by atoms with Crippen LogP contribution in [0.3, 0.4) is 0 Å². The maximum Gasteiger partial charge on any atom is 0.257 e. The molecular formula is C24H29N3OS2. The number of allylic oxidation sites excluding steroid dienone is 1. The first-order chi connectivity index (χ1) is 14.7. The van der Waals surface area contributed by atoms with Crippen LogP contribution < -0.4 is 0 Å². The number of nitrogens with zero attached hydrogens (tertiary/aromatic N) is 3. The Morgan fingerprint density at radius 1 is 1.20 bits per heavy atom. The third kappa shape index (κ3) is 4.05. The SMILES string of the molecule is C[C@@H]1CCCN(CC(=O)N2N=C3/C(=C\c4cccs4)CCC[C@@H]3[C@@H]2c2cccs2)C1. The predicted octanol–water partition coefficient (Wildman–Crippen LogP) is 5.66. The fraction of sp³-hybridized carbons (Fsp3) is 0.500. The predicted molar refractivity (Wildman–Crippen MR) is 126 cm³/mol. The van der Waals surface area contributed by atoms with Crippen LogP contribution in [0.4, 0.5) is 0 Å².